The Morgan fingerprint density at radius 3 is 2.84 bits per heavy atom. The molecule has 0 aliphatic carbocycles. The molecule has 0 unspecified atom stereocenters. The van der Waals surface area contributed by atoms with Crippen molar-refractivity contribution in [3.05, 3.63) is 71.0 Å². The smallest absolute Gasteiger partial charge is 0.254 e. The number of aromatic nitrogens is 3. The minimum atomic E-state index is 0.114. The largest absolute Gasteiger partial charge is 0.493 e. The highest BCUT2D eigenvalue weighted by Gasteiger charge is 2.24. The van der Waals surface area contributed by atoms with Crippen molar-refractivity contribution in [1.82, 2.24) is 25.0 Å². The van der Waals surface area contributed by atoms with Gasteiger partial charge in [-0.05, 0) is 28.8 Å². The Bertz CT molecular complexity index is 1050. The number of rotatable bonds is 6. The molecule has 0 radical (unpaired) electrons. The standard InChI is InChI=1S/C23H25N5O2S/c29-22(20-4-2-1-3-19(20)15-31-23-24-16-25-26-23)28-10-8-27(9-11-28)14-17-5-6-21-18(13-17)7-12-30-21/h1-6,13,16H,7-12,14-15H2,(H,24,25,26). The van der Waals surface area contributed by atoms with Gasteiger partial charge in [0, 0.05) is 50.5 Å². The SMILES string of the molecule is O=C(c1ccccc1CSc1ncn[nH]1)N1CCN(Cc2ccc3c(c2)CCO3)CC1. The molecular formula is C23H25N5O2S. The molecule has 31 heavy (non-hydrogen) atoms. The van der Waals surface area contributed by atoms with Crippen molar-refractivity contribution < 1.29 is 9.53 Å². The fraction of sp³-hybridized carbons (Fsp3) is 0.348. The van der Waals surface area contributed by atoms with Gasteiger partial charge in [0.15, 0.2) is 5.16 Å². The van der Waals surface area contributed by atoms with Gasteiger partial charge in [0.1, 0.15) is 12.1 Å². The number of nitrogens with one attached hydrogen (secondary N) is 1. The first kappa shape index (κ1) is 20.1. The Morgan fingerprint density at radius 2 is 2.00 bits per heavy atom. The second kappa shape index (κ2) is 9.11. The summed E-state index contributed by atoms with van der Waals surface area (Å²) < 4.78 is 5.61. The number of fused-ring (bicyclic) bond motifs is 1. The van der Waals surface area contributed by atoms with Crippen molar-refractivity contribution in [2.75, 3.05) is 32.8 Å². The fourth-order valence-corrected chi connectivity index (χ4v) is 4.92. The van der Waals surface area contributed by atoms with E-state index in [1.54, 1.807) is 11.8 Å². The molecule has 0 bridgehead atoms. The number of aromatic amines is 1. The third kappa shape index (κ3) is 4.60. The van der Waals surface area contributed by atoms with Crippen LogP contribution in [0.4, 0.5) is 0 Å². The van der Waals surface area contributed by atoms with Gasteiger partial charge in [-0.25, -0.2) is 4.98 Å². The Morgan fingerprint density at radius 1 is 1.13 bits per heavy atom. The van der Waals surface area contributed by atoms with Crippen LogP contribution in [0.1, 0.15) is 27.0 Å². The summed E-state index contributed by atoms with van der Waals surface area (Å²) >= 11 is 1.55. The van der Waals surface area contributed by atoms with Crippen LogP contribution in [0, 0.1) is 0 Å². The molecule has 1 aromatic heterocycles. The van der Waals surface area contributed by atoms with E-state index in [2.05, 4.69) is 38.3 Å². The van der Waals surface area contributed by atoms with Gasteiger partial charge in [-0.15, -0.1) is 0 Å². The first-order valence-electron chi connectivity index (χ1n) is 10.6. The maximum atomic E-state index is 13.2. The van der Waals surface area contributed by atoms with Gasteiger partial charge >= 0.3 is 0 Å². The van der Waals surface area contributed by atoms with Gasteiger partial charge in [-0.1, -0.05) is 42.1 Å². The summed E-state index contributed by atoms with van der Waals surface area (Å²) in [5.41, 5.74) is 4.43. The van der Waals surface area contributed by atoms with Crippen LogP contribution < -0.4 is 4.74 Å². The van der Waals surface area contributed by atoms with Gasteiger partial charge in [0.25, 0.3) is 5.91 Å². The van der Waals surface area contributed by atoms with Crippen LogP contribution in [0.15, 0.2) is 53.9 Å². The molecule has 1 saturated heterocycles. The van der Waals surface area contributed by atoms with Gasteiger partial charge in [-0.2, -0.15) is 5.10 Å². The summed E-state index contributed by atoms with van der Waals surface area (Å²) in [6.45, 7) is 4.97. The van der Waals surface area contributed by atoms with Crippen molar-refractivity contribution in [2.24, 2.45) is 0 Å². The van der Waals surface area contributed by atoms with Crippen LogP contribution in [0.5, 0.6) is 5.75 Å². The highest BCUT2D eigenvalue weighted by atomic mass is 32.2. The van der Waals surface area contributed by atoms with Gasteiger partial charge in [-0.3, -0.25) is 14.8 Å². The Hall–Kier alpha value is -2.84. The molecule has 3 aromatic rings. The summed E-state index contributed by atoms with van der Waals surface area (Å²) in [7, 11) is 0. The molecule has 2 aliphatic rings. The average molecular weight is 436 g/mol. The van der Waals surface area contributed by atoms with Gasteiger partial charge < -0.3 is 9.64 Å². The summed E-state index contributed by atoms with van der Waals surface area (Å²) in [5.74, 6) is 1.82. The van der Waals surface area contributed by atoms with Crippen LogP contribution in [-0.2, 0) is 18.7 Å². The van der Waals surface area contributed by atoms with E-state index in [4.69, 9.17) is 4.74 Å². The molecular weight excluding hydrogens is 410 g/mol. The van der Waals surface area contributed by atoms with Gasteiger partial charge in [0.2, 0.25) is 0 Å². The summed E-state index contributed by atoms with van der Waals surface area (Å²) in [5, 5.41) is 7.49. The third-order valence-electron chi connectivity index (χ3n) is 5.82. The zero-order valence-corrected chi connectivity index (χ0v) is 18.1. The zero-order chi connectivity index (χ0) is 21.0. The second-order valence-electron chi connectivity index (χ2n) is 7.85. The van der Waals surface area contributed by atoms with E-state index < -0.39 is 0 Å². The number of thioether (sulfide) groups is 1. The molecule has 5 rings (SSSR count). The van der Waals surface area contributed by atoms with Crippen LogP contribution >= 0.6 is 11.8 Å². The number of benzene rings is 2. The molecule has 0 atom stereocenters. The lowest BCUT2D eigenvalue weighted by Crippen LogP contribution is -2.48. The predicted octanol–water partition coefficient (Wildman–Crippen LogP) is 2.99. The van der Waals surface area contributed by atoms with E-state index >= 15 is 0 Å². The number of ether oxygens (including phenoxy) is 1. The zero-order valence-electron chi connectivity index (χ0n) is 17.3. The molecule has 2 aliphatic heterocycles. The lowest BCUT2D eigenvalue weighted by atomic mass is 10.1. The molecule has 2 aromatic carbocycles. The average Bonchev–Trinajstić information content (AvgIpc) is 3.50. The molecule has 1 amide bonds. The maximum absolute atomic E-state index is 13.2. The number of H-pyrrole nitrogens is 1. The molecule has 0 saturated carbocycles. The molecule has 1 fully saturated rings. The third-order valence-corrected chi connectivity index (χ3v) is 6.75. The van der Waals surface area contributed by atoms with Gasteiger partial charge in [0.05, 0.1) is 6.61 Å². The summed E-state index contributed by atoms with van der Waals surface area (Å²) in [6.07, 6.45) is 2.50. The molecule has 1 N–H and O–H groups in total. The van der Waals surface area contributed by atoms with E-state index in [9.17, 15) is 4.79 Å². The van der Waals surface area contributed by atoms with E-state index in [-0.39, 0.29) is 5.91 Å². The molecule has 7 nitrogen and oxygen atoms in total. The second-order valence-corrected chi connectivity index (χ2v) is 8.81. The van der Waals surface area contributed by atoms with Crippen LogP contribution in [-0.4, -0.2) is 63.7 Å². The van der Waals surface area contributed by atoms with E-state index in [0.717, 1.165) is 67.8 Å². The Balaban J connectivity index is 1.18. The first-order valence-corrected chi connectivity index (χ1v) is 11.6. The topological polar surface area (TPSA) is 74.4 Å². The van der Waals surface area contributed by atoms with Crippen molar-refractivity contribution in [3.63, 3.8) is 0 Å². The van der Waals surface area contributed by atoms with Crippen molar-refractivity contribution in [1.29, 1.82) is 0 Å². The van der Waals surface area contributed by atoms with E-state index in [1.807, 2.05) is 29.2 Å². The molecule has 0 spiro atoms. The lowest BCUT2D eigenvalue weighted by Gasteiger charge is -2.35. The van der Waals surface area contributed by atoms with Crippen LogP contribution in [0.2, 0.25) is 0 Å². The number of hydrogen-bond donors (Lipinski definition) is 1. The number of amides is 1. The highest BCUT2D eigenvalue weighted by molar-refractivity contribution is 7.98. The fourth-order valence-electron chi connectivity index (χ4n) is 4.14. The highest BCUT2D eigenvalue weighted by Crippen LogP contribution is 2.27. The van der Waals surface area contributed by atoms with E-state index in [1.165, 1.54) is 17.5 Å². The summed E-state index contributed by atoms with van der Waals surface area (Å²) in [6, 6.07) is 14.4. The van der Waals surface area contributed by atoms with Crippen molar-refractivity contribution in [3.8, 4) is 5.75 Å². The normalized spacial score (nSPS) is 16.2. The number of nitrogens with zero attached hydrogens (tertiary/aromatic N) is 4. The first-order chi connectivity index (χ1) is 15.3. The molecule has 8 heteroatoms. The number of piperazine rings is 1. The number of carbonyl (C=O) groups is 1. The number of carbonyl (C=O) groups excluding carboxylic acids is 1. The Kier molecular flexibility index (Phi) is 5.90. The monoisotopic (exact) mass is 435 g/mol. The minimum absolute atomic E-state index is 0.114. The predicted molar refractivity (Wildman–Crippen MR) is 119 cm³/mol. The Labute approximate surface area is 185 Å². The molecule has 160 valence electrons. The maximum Gasteiger partial charge on any atom is 0.254 e. The van der Waals surface area contributed by atoms with Crippen molar-refractivity contribution >= 4 is 17.7 Å². The lowest BCUT2D eigenvalue weighted by molar-refractivity contribution is 0.0627. The number of hydrogen-bond acceptors (Lipinski definition) is 6. The van der Waals surface area contributed by atoms with Crippen molar-refractivity contribution in [2.45, 2.75) is 23.9 Å². The quantitative estimate of drug-likeness (QED) is 0.600. The van der Waals surface area contributed by atoms with Crippen LogP contribution in [0.25, 0.3) is 0 Å². The minimum Gasteiger partial charge on any atom is -0.493 e. The van der Waals surface area contributed by atoms with E-state index in [0.29, 0.717) is 5.75 Å². The molecule has 3 heterocycles. The van der Waals surface area contributed by atoms with Crippen LogP contribution in [0.3, 0.4) is 0 Å². The summed E-state index contributed by atoms with van der Waals surface area (Å²) in [4.78, 5) is 21.8.